The van der Waals surface area contributed by atoms with Gasteiger partial charge in [0.25, 0.3) is 0 Å². The SMILES string of the molecule is CNS(=O)(=O)c1ccccc1N1CCN(CCCOc2c(C)cccc2C)CC1. The predicted molar refractivity (Wildman–Crippen MR) is 117 cm³/mol. The molecule has 6 nitrogen and oxygen atoms in total. The Morgan fingerprint density at radius 2 is 1.62 bits per heavy atom. The summed E-state index contributed by atoms with van der Waals surface area (Å²) in [5, 5.41) is 0. The molecule has 7 heteroatoms. The first-order valence-electron chi connectivity index (χ1n) is 10.1. The van der Waals surface area contributed by atoms with Crippen LogP contribution in [0.25, 0.3) is 0 Å². The fourth-order valence-electron chi connectivity index (χ4n) is 3.76. The number of ether oxygens (including phenoxy) is 1. The molecule has 0 unspecified atom stereocenters. The van der Waals surface area contributed by atoms with Crippen LogP contribution in [0.15, 0.2) is 47.4 Å². The van der Waals surface area contributed by atoms with E-state index < -0.39 is 10.0 Å². The summed E-state index contributed by atoms with van der Waals surface area (Å²) >= 11 is 0. The topological polar surface area (TPSA) is 61.9 Å². The summed E-state index contributed by atoms with van der Waals surface area (Å²) in [6.45, 7) is 9.29. The summed E-state index contributed by atoms with van der Waals surface area (Å²) in [6.07, 6.45) is 0.971. The van der Waals surface area contributed by atoms with Crippen LogP contribution in [0, 0.1) is 13.8 Å². The van der Waals surface area contributed by atoms with E-state index in [4.69, 9.17) is 4.74 Å². The molecule has 1 aliphatic rings. The summed E-state index contributed by atoms with van der Waals surface area (Å²) < 4.78 is 33.0. The van der Waals surface area contributed by atoms with E-state index in [1.165, 1.54) is 18.2 Å². The Morgan fingerprint density at radius 3 is 2.28 bits per heavy atom. The van der Waals surface area contributed by atoms with Crippen molar-refractivity contribution in [2.75, 3.05) is 51.3 Å². The molecule has 1 heterocycles. The van der Waals surface area contributed by atoms with Gasteiger partial charge in [-0.2, -0.15) is 0 Å². The number of rotatable bonds is 8. The van der Waals surface area contributed by atoms with Gasteiger partial charge in [-0.25, -0.2) is 13.1 Å². The number of anilines is 1. The Hall–Kier alpha value is -2.09. The number of benzene rings is 2. The minimum atomic E-state index is -3.46. The quantitative estimate of drug-likeness (QED) is 0.669. The average molecular weight is 418 g/mol. The van der Waals surface area contributed by atoms with E-state index in [1.807, 2.05) is 12.1 Å². The molecule has 2 aromatic rings. The van der Waals surface area contributed by atoms with Crippen LogP contribution < -0.4 is 14.4 Å². The summed E-state index contributed by atoms with van der Waals surface area (Å²) in [5.74, 6) is 1.000. The number of nitrogens with zero attached hydrogens (tertiary/aromatic N) is 2. The van der Waals surface area contributed by atoms with Crippen LogP contribution in [0.4, 0.5) is 5.69 Å². The number of para-hydroxylation sites is 2. The van der Waals surface area contributed by atoms with E-state index >= 15 is 0 Å². The molecule has 1 saturated heterocycles. The molecule has 0 aromatic heterocycles. The lowest BCUT2D eigenvalue weighted by Crippen LogP contribution is -2.47. The lowest BCUT2D eigenvalue weighted by atomic mass is 10.1. The number of hydrogen-bond donors (Lipinski definition) is 1. The Labute approximate surface area is 174 Å². The summed E-state index contributed by atoms with van der Waals surface area (Å²) in [5.41, 5.74) is 3.13. The van der Waals surface area contributed by atoms with E-state index in [1.54, 1.807) is 12.1 Å². The molecule has 2 aromatic carbocycles. The van der Waals surface area contributed by atoms with Crippen molar-refractivity contribution in [3.05, 3.63) is 53.6 Å². The van der Waals surface area contributed by atoms with Gasteiger partial charge in [0.15, 0.2) is 0 Å². The Bertz CT molecular complexity index is 902. The van der Waals surface area contributed by atoms with E-state index in [0.29, 0.717) is 11.5 Å². The number of hydrogen-bond acceptors (Lipinski definition) is 5. The van der Waals surface area contributed by atoms with Gasteiger partial charge < -0.3 is 9.64 Å². The molecule has 1 fully saturated rings. The van der Waals surface area contributed by atoms with E-state index in [-0.39, 0.29) is 0 Å². The molecule has 0 spiro atoms. The second-order valence-electron chi connectivity index (χ2n) is 7.43. The molecule has 0 radical (unpaired) electrons. The zero-order valence-electron chi connectivity index (χ0n) is 17.5. The van der Waals surface area contributed by atoms with Gasteiger partial charge in [0.2, 0.25) is 10.0 Å². The molecule has 29 heavy (non-hydrogen) atoms. The van der Waals surface area contributed by atoms with Crippen LogP contribution in [0.5, 0.6) is 5.75 Å². The maximum Gasteiger partial charge on any atom is 0.242 e. The first-order chi connectivity index (χ1) is 13.9. The average Bonchev–Trinajstić information content (AvgIpc) is 2.73. The van der Waals surface area contributed by atoms with Crippen molar-refractivity contribution in [2.45, 2.75) is 25.2 Å². The van der Waals surface area contributed by atoms with Gasteiger partial charge in [-0.1, -0.05) is 30.3 Å². The Balaban J connectivity index is 1.49. The van der Waals surface area contributed by atoms with Gasteiger partial charge in [0.1, 0.15) is 10.6 Å². The highest BCUT2D eigenvalue weighted by molar-refractivity contribution is 7.89. The summed E-state index contributed by atoms with van der Waals surface area (Å²) in [4.78, 5) is 4.92. The standard InChI is InChI=1S/C22H31N3O3S/c1-18-8-6-9-19(2)22(18)28-17-7-12-24-13-15-25(16-14-24)20-10-4-5-11-21(20)29(26,27)23-3/h4-6,8-11,23H,7,12-17H2,1-3H3. The van der Waals surface area contributed by atoms with Crippen molar-refractivity contribution in [3.63, 3.8) is 0 Å². The smallest absolute Gasteiger partial charge is 0.242 e. The zero-order valence-corrected chi connectivity index (χ0v) is 18.3. The van der Waals surface area contributed by atoms with E-state index in [2.05, 4.69) is 46.6 Å². The monoisotopic (exact) mass is 417 g/mol. The number of piperazine rings is 1. The van der Waals surface area contributed by atoms with Crippen LogP contribution in [-0.4, -0.2) is 59.7 Å². The highest BCUT2D eigenvalue weighted by Crippen LogP contribution is 2.26. The van der Waals surface area contributed by atoms with Gasteiger partial charge in [-0.3, -0.25) is 4.90 Å². The van der Waals surface area contributed by atoms with Gasteiger partial charge >= 0.3 is 0 Å². The Kier molecular flexibility index (Phi) is 7.16. The lowest BCUT2D eigenvalue weighted by Gasteiger charge is -2.36. The largest absolute Gasteiger partial charge is 0.493 e. The molecular formula is C22H31N3O3S. The predicted octanol–water partition coefficient (Wildman–Crippen LogP) is 2.80. The first kappa shape index (κ1) is 21.6. The number of sulfonamides is 1. The molecular weight excluding hydrogens is 386 g/mol. The molecule has 3 rings (SSSR count). The van der Waals surface area contributed by atoms with Crippen LogP contribution in [0.2, 0.25) is 0 Å². The molecule has 0 atom stereocenters. The fourth-order valence-corrected chi connectivity index (χ4v) is 4.71. The van der Waals surface area contributed by atoms with Crippen molar-refractivity contribution >= 4 is 15.7 Å². The van der Waals surface area contributed by atoms with E-state index in [0.717, 1.165) is 50.6 Å². The Morgan fingerprint density at radius 1 is 0.966 bits per heavy atom. The molecule has 0 bridgehead atoms. The third-order valence-corrected chi connectivity index (χ3v) is 6.87. The van der Waals surface area contributed by atoms with Crippen molar-refractivity contribution in [1.29, 1.82) is 0 Å². The highest BCUT2D eigenvalue weighted by Gasteiger charge is 2.23. The number of aryl methyl sites for hydroxylation is 2. The van der Waals surface area contributed by atoms with Crippen molar-refractivity contribution in [1.82, 2.24) is 9.62 Å². The van der Waals surface area contributed by atoms with Crippen LogP contribution in [-0.2, 0) is 10.0 Å². The van der Waals surface area contributed by atoms with Crippen molar-refractivity contribution in [3.8, 4) is 5.75 Å². The van der Waals surface area contributed by atoms with Gasteiger partial charge in [-0.15, -0.1) is 0 Å². The second kappa shape index (κ2) is 9.61. The van der Waals surface area contributed by atoms with Crippen LogP contribution in [0.3, 0.4) is 0 Å². The molecule has 0 amide bonds. The van der Waals surface area contributed by atoms with Gasteiger partial charge in [0.05, 0.1) is 12.3 Å². The maximum absolute atomic E-state index is 12.3. The third kappa shape index (κ3) is 5.29. The van der Waals surface area contributed by atoms with Gasteiger partial charge in [-0.05, 0) is 50.6 Å². The zero-order chi connectivity index (χ0) is 20.9. The molecule has 1 N–H and O–H groups in total. The lowest BCUT2D eigenvalue weighted by molar-refractivity contribution is 0.223. The maximum atomic E-state index is 12.3. The van der Waals surface area contributed by atoms with Gasteiger partial charge in [0, 0.05) is 32.7 Å². The normalized spacial score (nSPS) is 15.5. The molecule has 0 aliphatic carbocycles. The summed E-state index contributed by atoms with van der Waals surface area (Å²) in [6, 6.07) is 13.4. The van der Waals surface area contributed by atoms with Crippen molar-refractivity contribution < 1.29 is 13.2 Å². The minimum Gasteiger partial charge on any atom is -0.493 e. The fraction of sp³-hybridized carbons (Fsp3) is 0.455. The third-order valence-electron chi connectivity index (χ3n) is 5.41. The highest BCUT2D eigenvalue weighted by atomic mass is 32.2. The summed E-state index contributed by atoms with van der Waals surface area (Å²) in [7, 11) is -2.02. The molecule has 0 saturated carbocycles. The molecule has 158 valence electrons. The molecule has 1 aliphatic heterocycles. The van der Waals surface area contributed by atoms with E-state index in [9.17, 15) is 8.42 Å². The van der Waals surface area contributed by atoms with Crippen molar-refractivity contribution in [2.24, 2.45) is 0 Å². The van der Waals surface area contributed by atoms with Crippen LogP contribution in [0.1, 0.15) is 17.5 Å². The first-order valence-corrected chi connectivity index (χ1v) is 11.6. The minimum absolute atomic E-state index is 0.345. The van der Waals surface area contributed by atoms with Crippen LogP contribution >= 0.6 is 0 Å². The number of nitrogens with one attached hydrogen (secondary N) is 1. The second-order valence-corrected chi connectivity index (χ2v) is 9.28.